The minimum absolute atomic E-state index is 0.00450. The van der Waals surface area contributed by atoms with Crippen LogP contribution in [-0.2, 0) is 16.3 Å². The quantitative estimate of drug-likeness (QED) is 0.162. The molecular formula is C32H47F5O4S. The molecule has 4 unspecified atom stereocenters. The fourth-order valence-corrected chi connectivity index (χ4v) is 9.83. The Morgan fingerprint density at radius 2 is 1.55 bits per heavy atom. The second-order valence-corrected chi connectivity index (χ2v) is 15.8. The van der Waals surface area contributed by atoms with Gasteiger partial charge in [-0.05, 0) is 104 Å². The summed E-state index contributed by atoms with van der Waals surface area (Å²) in [7, 11) is -3.64. The van der Waals surface area contributed by atoms with Crippen molar-refractivity contribution in [3.8, 4) is 5.75 Å². The molecule has 0 heterocycles. The van der Waals surface area contributed by atoms with E-state index in [0.29, 0.717) is 42.3 Å². The van der Waals surface area contributed by atoms with Crippen molar-refractivity contribution in [2.45, 2.75) is 127 Å². The van der Waals surface area contributed by atoms with Crippen LogP contribution in [0.3, 0.4) is 0 Å². The first-order valence-corrected chi connectivity index (χ1v) is 17.6. The zero-order valence-corrected chi connectivity index (χ0v) is 25.5. The summed E-state index contributed by atoms with van der Waals surface area (Å²) >= 11 is 0. The number of rotatable bonds is 14. The van der Waals surface area contributed by atoms with E-state index in [1.807, 2.05) is 12.1 Å². The number of hydrogen-bond donors (Lipinski definition) is 2. The minimum Gasteiger partial charge on any atom is -0.508 e. The van der Waals surface area contributed by atoms with Crippen LogP contribution in [0.1, 0.15) is 114 Å². The van der Waals surface area contributed by atoms with E-state index in [4.69, 9.17) is 0 Å². The SMILES string of the molecule is C[C@]12CCC3c4ccc(O)cc4CC(CCCCCCCCCS(=O)(=O)CCCC(F)(F)C(F)(F)F)C3C1CC[C@@H]2O. The molecule has 6 atom stereocenters. The van der Waals surface area contributed by atoms with Gasteiger partial charge in [0.25, 0.3) is 0 Å². The lowest BCUT2D eigenvalue weighted by molar-refractivity contribution is -0.284. The lowest BCUT2D eigenvalue weighted by Crippen LogP contribution is -2.47. The average Bonchev–Trinajstić information content (AvgIpc) is 3.20. The molecule has 3 aliphatic carbocycles. The summed E-state index contributed by atoms with van der Waals surface area (Å²) in [6.45, 7) is 2.28. The third-order valence-electron chi connectivity index (χ3n) is 10.7. The van der Waals surface area contributed by atoms with Crippen LogP contribution < -0.4 is 0 Å². The molecule has 0 spiro atoms. The summed E-state index contributed by atoms with van der Waals surface area (Å²) in [5, 5.41) is 21.0. The molecule has 0 aromatic heterocycles. The highest BCUT2D eigenvalue weighted by atomic mass is 32.2. The highest BCUT2D eigenvalue weighted by molar-refractivity contribution is 7.91. The van der Waals surface area contributed by atoms with Gasteiger partial charge in [0.05, 0.1) is 17.6 Å². The number of fused-ring (bicyclic) bond motifs is 5. The number of aliphatic hydroxyl groups excluding tert-OH is 1. The molecule has 0 amide bonds. The number of benzene rings is 1. The van der Waals surface area contributed by atoms with Crippen LogP contribution in [0.25, 0.3) is 0 Å². The van der Waals surface area contributed by atoms with Crippen molar-refractivity contribution < 1.29 is 40.6 Å². The van der Waals surface area contributed by atoms with Crippen molar-refractivity contribution >= 4 is 9.84 Å². The summed E-state index contributed by atoms with van der Waals surface area (Å²) < 4.78 is 86.8. The molecule has 3 aliphatic rings. The zero-order valence-electron chi connectivity index (χ0n) is 24.6. The molecule has 2 fully saturated rings. The fraction of sp³-hybridized carbons (Fsp3) is 0.812. The van der Waals surface area contributed by atoms with Crippen LogP contribution in [0.4, 0.5) is 22.0 Å². The summed E-state index contributed by atoms with van der Waals surface area (Å²) in [5.41, 5.74) is 2.65. The van der Waals surface area contributed by atoms with E-state index < -0.39 is 40.5 Å². The number of unbranched alkanes of at least 4 members (excludes halogenated alkanes) is 6. The molecule has 0 saturated heterocycles. The number of hydrogen-bond acceptors (Lipinski definition) is 4. The Balaban J connectivity index is 1.17. The van der Waals surface area contributed by atoms with Gasteiger partial charge in [0.15, 0.2) is 0 Å². The molecule has 0 aliphatic heterocycles. The first-order valence-electron chi connectivity index (χ1n) is 15.8. The normalized spacial score (nSPS) is 29.6. The minimum atomic E-state index is -5.65. The molecule has 42 heavy (non-hydrogen) atoms. The highest BCUT2D eigenvalue weighted by Gasteiger charge is 2.57. The van der Waals surface area contributed by atoms with Gasteiger partial charge in [0, 0.05) is 6.42 Å². The van der Waals surface area contributed by atoms with Crippen molar-refractivity contribution in [3.63, 3.8) is 0 Å². The predicted octanol–water partition coefficient (Wildman–Crippen LogP) is 8.35. The molecule has 4 nitrogen and oxygen atoms in total. The third-order valence-corrected chi connectivity index (χ3v) is 12.5. The number of aromatic hydroxyl groups is 1. The Labute approximate surface area is 247 Å². The van der Waals surface area contributed by atoms with Crippen LogP contribution in [0.5, 0.6) is 5.75 Å². The topological polar surface area (TPSA) is 74.6 Å². The van der Waals surface area contributed by atoms with Crippen LogP contribution in [0.2, 0.25) is 0 Å². The maximum Gasteiger partial charge on any atom is 0.453 e. The fourth-order valence-electron chi connectivity index (χ4n) is 8.40. The Morgan fingerprint density at radius 1 is 0.905 bits per heavy atom. The lowest BCUT2D eigenvalue weighted by atomic mass is 9.52. The number of halogens is 5. The zero-order chi connectivity index (χ0) is 30.8. The van der Waals surface area contributed by atoms with E-state index >= 15 is 0 Å². The maximum absolute atomic E-state index is 13.0. The van der Waals surface area contributed by atoms with Gasteiger partial charge in [-0.2, -0.15) is 22.0 Å². The van der Waals surface area contributed by atoms with Gasteiger partial charge in [0.2, 0.25) is 0 Å². The van der Waals surface area contributed by atoms with Gasteiger partial charge in [0.1, 0.15) is 15.6 Å². The Morgan fingerprint density at radius 3 is 2.24 bits per heavy atom. The molecular weight excluding hydrogens is 575 g/mol. The van der Waals surface area contributed by atoms with Crippen LogP contribution in [0, 0.1) is 23.2 Å². The molecule has 2 saturated carbocycles. The smallest absolute Gasteiger partial charge is 0.453 e. The number of sulfone groups is 1. The lowest BCUT2D eigenvalue weighted by Gasteiger charge is -2.53. The summed E-state index contributed by atoms with van der Waals surface area (Å²) in [4.78, 5) is 0. The van der Waals surface area contributed by atoms with Crippen LogP contribution in [0.15, 0.2) is 18.2 Å². The molecule has 4 rings (SSSR count). The Hall–Kier alpha value is -1.42. The number of alkyl halides is 5. The van der Waals surface area contributed by atoms with E-state index in [1.54, 1.807) is 0 Å². The molecule has 1 aromatic carbocycles. The number of phenolic OH excluding ortho intramolecular Hbond substituents is 1. The van der Waals surface area contributed by atoms with Gasteiger partial charge < -0.3 is 10.2 Å². The molecule has 0 bridgehead atoms. The van der Waals surface area contributed by atoms with E-state index in [1.165, 1.54) is 11.1 Å². The van der Waals surface area contributed by atoms with Crippen molar-refractivity contribution in [3.05, 3.63) is 29.3 Å². The van der Waals surface area contributed by atoms with Gasteiger partial charge in [-0.1, -0.05) is 51.5 Å². The number of phenols is 1. The van der Waals surface area contributed by atoms with Crippen LogP contribution in [-0.4, -0.2) is 48.3 Å². The largest absolute Gasteiger partial charge is 0.508 e. The Bertz CT molecular complexity index is 1150. The van der Waals surface area contributed by atoms with Crippen molar-refractivity contribution in [2.24, 2.45) is 23.2 Å². The first-order chi connectivity index (χ1) is 19.6. The Kier molecular flexibility index (Phi) is 10.6. The van der Waals surface area contributed by atoms with Crippen LogP contribution >= 0.6 is 0 Å². The van der Waals surface area contributed by atoms with E-state index in [9.17, 15) is 40.6 Å². The monoisotopic (exact) mass is 622 g/mol. The van der Waals surface area contributed by atoms with Crippen molar-refractivity contribution in [1.82, 2.24) is 0 Å². The molecule has 1 aromatic rings. The summed E-state index contributed by atoms with van der Waals surface area (Å²) in [5.74, 6) is -3.27. The molecule has 10 heteroatoms. The predicted molar refractivity (Wildman–Crippen MR) is 153 cm³/mol. The van der Waals surface area contributed by atoms with Gasteiger partial charge in [-0.25, -0.2) is 8.42 Å². The third kappa shape index (κ3) is 7.62. The molecule has 2 N–H and O–H groups in total. The maximum atomic E-state index is 13.0. The second kappa shape index (κ2) is 13.3. The molecule has 240 valence electrons. The first kappa shape index (κ1) is 33.5. The average molecular weight is 623 g/mol. The van der Waals surface area contributed by atoms with Gasteiger partial charge in [-0.3, -0.25) is 0 Å². The highest BCUT2D eigenvalue weighted by Crippen LogP contribution is 2.62. The van der Waals surface area contributed by atoms with E-state index in [2.05, 4.69) is 13.0 Å². The van der Waals surface area contributed by atoms with E-state index in [-0.39, 0.29) is 17.3 Å². The summed E-state index contributed by atoms with van der Waals surface area (Å²) in [6, 6.07) is 5.86. The summed E-state index contributed by atoms with van der Waals surface area (Å²) in [6.07, 6.45) is 4.22. The van der Waals surface area contributed by atoms with Crippen molar-refractivity contribution in [1.29, 1.82) is 0 Å². The standard InChI is InChI=1S/C32H47F5O4S/c1-30-17-15-26-25-12-11-24(38)21-23(25)20-22(29(26)27(30)13-14-28(30)39)10-7-5-3-2-4-6-8-18-42(40,41)19-9-16-31(33,34)32(35,36)37/h11-12,21-22,26-29,38-39H,2-10,13-20H2,1H3/t22?,26?,27?,28-,29?,30-/m0/s1. The van der Waals surface area contributed by atoms with Crippen molar-refractivity contribution in [2.75, 3.05) is 11.5 Å². The number of aliphatic hydroxyl groups is 1. The van der Waals surface area contributed by atoms with Gasteiger partial charge in [-0.15, -0.1) is 0 Å². The molecule has 0 radical (unpaired) electrons. The van der Waals surface area contributed by atoms with Gasteiger partial charge >= 0.3 is 12.1 Å². The van der Waals surface area contributed by atoms with E-state index in [0.717, 1.165) is 70.6 Å². The second-order valence-electron chi connectivity index (χ2n) is 13.5.